The molecule has 0 bridgehead atoms. The molecule has 1 saturated heterocycles. The van der Waals surface area contributed by atoms with Crippen LogP contribution in [0, 0.1) is 0 Å². The van der Waals surface area contributed by atoms with E-state index in [4.69, 9.17) is 9.88 Å². The minimum atomic E-state index is -4.09. The third-order valence-electron chi connectivity index (χ3n) is 5.29. The first-order valence-electron chi connectivity index (χ1n) is 9.10. The quantitative estimate of drug-likeness (QED) is 0.675. The van der Waals surface area contributed by atoms with Gasteiger partial charge in [0.1, 0.15) is 5.75 Å². The number of methoxy groups -OCH3 is 1. The first-order chi connectivity index (χ1) is 13.4. The summed E-state index contributed by atoms with van der Waals surface area (Å²) >= 11 is 0. The number of primary sulfonamides is 1. The predicted octanol–water partition coefficient (Wildman–Crippen LogP) is 1.36. The molecule has 1 aliphatic heterocycles. The zero-order chi connectivity index (χ0) is 20.2. The SMILES string of the molecule is COc1ccccc1C(=O)NC(C1(c2ccccc2)CCNCC1)S(N)(=O)=O. The van der Waals surface area contributed by atoms with Crippen molar-refractivity contribution < 1.29 is 17.9 Å². The molecular formula is C20H25N3O4S. The summed E-state index contributed by atoms with van der Waals surface area (Å²) in [6.45, 7) is 1.26. The van der Waals surface area contributed by atoms with Gasteiger partial charge in [-0.05, 0) is 43.6 Å². The van der Waals surface area contributed by atoms with Gasteiger partial charge in [-0.3, -0.25) is 4.79 Å². The Morgan fingerprint density at radius 3 is 2.32 bits per heavy atom. The second-order valence-electron chi connectivity index (χ2n) is 6.91. The molecule has 0 aliphatic carbocycles. The smallest absolute Gasteiger partial charge is 0.256 e. The number of benzene rings is 2. The Morgan fingerprint density at radius 1 is 1.11 bits per heavy atom. The molecule has 1 atom stereocenters. The van der Waals surface area contributed by atoms with Gasteiger partial charge in [-0.1, -0.05) is 42.5 Å². The standard InChI is InChI=1S/C20H25N3O4S/c1-27-17-10-6-5-9-16(17)18(24)23-19(28(21,25)26)20(11-13-22-14-12-20)15-7-3-2-4-8-15/h2-10,19,22H,11-14H2,1H3,(H,23,24)(H2,21,25,26). The number of para-hydroxylation sites is 1. The summed E-state index contributed by atoms with van der Waals surface area (Å²) in [5.41, 5.74) is 0.282. The summed E-state index contributed by atoms with van der Waals surface area (Å²) in [5.74, 6) is -0.169. The maximum absolute atomic E-state index is 13.0. The largest absolute Gasteiger partial charge is 0.496 e. The molecule has 0 spiro atoms. The number of nitrogens with two attached hydrogens (primary N) is 1. The Balaban J connectivity index is 2.05. The summed E-state index contributed by atoms with van der Waals surface area (Å²) in [6.07, 6.45) is 1.06. The van der Waals surface area contributed by atoms with Crippen LogP contribution in [0.15, 0.2) is 54.6 Å². The van der Waals surface area contributed by atoms with Gasteiger partial charge in [0.25, 0.3) is 5.91 Å². The summed E-state index contributed by atoms with van der Waals surface area (Å²) < 4.78 is 30.5. The lowest BCUT2D eigenvalue weighted by molar-refractivity contribution is 0.0922. The van der Waals surface area contributed by atoms with Crippen molar-refractivity contribution in [2.24, 2.45) is 5.14 Å². The van der Waals surface area contributed by atoms with Crippen LogP contribution < -0.4 is 20.5 Å². The van der Waals surface area contributed by atoms with E-state index < -0.39 is 26.7 Å². The third kappa shape index (κ3) is 4.04. The van der Waals surface area contributed by atoms with Crippen molar-refractivity contribution in [2.45, 2.75) is 23.6 Å². The molecule has 7 nitrogen and oxygen atoms in total. The third-order valence-corrected chi connectivity index (χ3v) is 6.51. The summed E-state index contributed by atoms with van der Waals surface area (Å²) in [4.78, 5) is 13.0. The number of rotatable bonds is 6. The van der Waals surface area contributed by atoms with E-state index in [2.05, 4.69) is 10.6 Å². The topological polar surface area (TPSA) is 111 Å². The number of hydrogen-bond acceptors (Lipinski definition) is 5. The average Bonchev–Trinajstić information content (AvgIpc) is 2.72. The Kier molecular flexibility index (Phi) is 6.02. The summed E-state index contributed by atoms with van der Waals surface area (Å²) in [6, 6.07) is 16.0. The fourth-order valence-corrected chi connectivity index (χ4v) is 5.18. The van der Waals surface area contributed by atoms with Gasteiger partial charge in [0.2, 0.25) is 10.0 Å². The first kappa shape index (κ1) is 20.3. The molecule has 4 N–H and O–H groups in total. The van der Waals surface area contributed by atoms with E-state index in [1.807, 2.05) is 30.3 Å². The second kappa shape index (κ2) is 8.30. The van der Waals surface area contributed by atoms with Crippen molar-refractivity contribution in [1.29, 1.82) is 0 Å². The minimum absolute atomic E-state index is 0.260. The lowest BCUT2D eigenvalue weighted by Crippen LogP contribution is -2.60. The summed E-state index contributed by atoms with van der Waals surface area (Å²) in [5, 5.41) is 10.3. The Morgan fingerprint density at radius 2 is 1.71 bits per heavy atom. The Bertz CT molecular complexity index is 925. The van der Waals surface area contributed by atoms with Gasteiger partial charge >= 0.3 is 0 Å². The van der Waals surface area contributed by atoms with Crippen LogP contribution in [0.3, 0.4) is 0 Å². The van der Waals surface area contributed by atoms with Gasteiger partial charge in [-0.15, -0.1) is 0 Å². The molecule has 150 valence electrons. The van der Waals surface area contributed by atoms with Crippen molar-refractivity contribution in [3.05, 3.63) is 65.7 Å². The van der Waals surface area contributed by atoms with E-state index in [0.29, 0.717) is 31.7 Å². The molecule has 1 fully saturated rings. The van der Waals surface area contributed by atoms with Crippen LogP contribution in [0.2, 0.25) is 0 Å². The van der Waals surface area contributed by atoms with E-state index in [1.165, 1.54) is 7.11 Å². The zero-order valence-corrected chi connectivity index (χ0v) is 16.5. The molecule has 28 heavy (non-hydrogen) atoms. The number of hydrogen-bond donors (Lipinski definition) is 3. The van der Waals surface area contributed by atoms with Crippen LogP contribution in [0.1, 0.15) is 28.8 Å². The maximum Gasteiger partial charge on any atom is 0.256 e. The molecule has 1 amide bonds. The van der Waals surface area contributed by atoms with E-state index in [-0.39, 0.29) is 5.56 Å². The highest BCUT2D eigenvalue weighted by Gasteiger charge is 2.48. The number of sulfonamides is 1. The van der Waals surface area contributed by atoms with Crippen molar-refractivity contribution in [3.63, 3.8) is 0 Å². The number of carbonyl (C=O) groups excluding carboxylic acids is 1. The number of carbonyl (C=O) groups is 1. The van der Waals surface area contributed by atoms with Crippen LogP contribution in [0.25, 0.3) is 0 Å². The molecular weight excluding hydrogens is 378 g/mol. The molecule has 2 aromatic carbocycles. The molecule has 3 rings (SSSR count). The van der Waals surface area contributed by atoms with Crippen LogP contribution in [-0.4, -0.2) is 39.9 Å². The van der Waals surface area contributed by atoms with Gasteiger partial charge in [0, 0.05) is 5.41 Å². The van der Waals surface area contributed by atoms with Gasteiger partial charge < -0.3 is 15.4 Å². The van der Waals surface area contributed by atoms with Gasteiger partial charge in [-0.2, -0.15) is 0 Å². The molecule has 0 radical (unpaired) electrons. The number of amides is 1. The highest BCUT2D eigenvalue weighted by Crippen LogP contribution is 2.38. The monoisotopic (exact) mass is 403 g/mol. The minimum Gasteiger partial charge on any atom is -0.496 e. The molecule has 8 heteroatoms. The Labute approximate surface area is 165 Å². The highest BCUT2D eigenvalue weighted by molar-refractivity contribution is 7.89. The van der Waals surface area contributed by atoms with E-state index in [1.54, 1.807) is 24.3 Å². The number of ether oxygens (including phenoxy) is 1. The molecule has 0 aromatic heterocycles. The van der Waals surface area contributed by atoms with Crippen molar-refractivity contribution >= 4 is 15.9 Å². The molecule has 1 aliphatic rings. The average molecular weight is 404 g/mol. The number of piperidine rings is 1. The van der Waals surface area contributed by atoms with E-state index in [9.17, 15) is 13.2 Å². The van der Waals surface area contributed by atoms with Crippen LogP contribution in [-0.2, 0) is 15.4 Å². The lowest BCUT2D eigenvalue weighted by atomic mass is 9.72. The van der Waals surface area contributed by atoms with Crippen molar-refractivity contribution in [3.8, 4) is 5.75 Å². The normalized spacial score (nSPS) is 17.5. The first-order valence-corrected chi connectivity index (χ1v) is 10.7. The lowest BCUT2D eigenvalue weighted by Gasteiger charge is -2.43. The van der Waals surface area contributed by atoms with Gasteiger partial charge in [0.05, 0.1) is 12.7 Å². The van der Waals surface area contributed by atoms with Crippen molar-refractivity contribution in [1.82, 2.24) is 10.6 Å². The predicted molar refractivity (Wildman–Crippen MR) is 108 cm³/mol. The van der Waals surface area contributed by atoms with E-state index >= 15 is 0 Å². The molecule has 2 aromatic rings. The zero-order valence-electron chi connectivity index (χ0n) is 15.7. The van der Waals surface area contributed by atoms with Crippen molar-refractivity contribution in [2.75, 3.05) is 20.2 Å². The fourth-order valence-electron chi connectivity index (χ4n) is 3.91. The van der Waals surface area contributed by atoms with Gasteiger partial charge in [-0.25, -0.2) is 13.6 Å². The second-order valence-corrected chi connectivity index (χ2v) is 8.56. The van der Waals surface area contributed by atoms with Gasteiger partial charge in [0.15, 0.2) is 5.37 Å². The fraction of sp³-hybridized carbons (Fsp3) is 0.350. The molecule has 1 unspecified atom stereocenters. The van der Waals surface area contributed by atoms with Crippen LogP contribution >= 0.6 is 0 Å². The highest BCUT2D eigenvalue weighted by atomic mass is 32.2. The Hall–Kier alpha value is -2.42. The van der Waals surface area contributed by atoms with Crippen LogP contribution in [0.5, 0.6) is 5.75 Å². The van der Waals surface area contributed by atoms with Crippen LogP contribution in [0.4, 0.5) is 0 Å². The maximum atomic E-state index is 13.0. The van der Waals surface area contributed by atoms with E-state index in [0.717, 1.165) is 5.56 Å². The summed E-state index contributed by atoms with van der Waals surface area (Å²) in [7, 11) is -2.63. The molecule has 0 saturated carbocycles. The molecule has 1 heterocycles. The number of nitrogens with one attached hydrogen (secondary N) is 2.